The molecule has 5 heterocycles. The number of fused-ring (bicyclic) bond motifs is 1. The number of nitrogen functional groups attached to an aromatic ring is 1. The number of anilines is 2. The minimum absolute atomic E-state index is 0.0650. The monoisotopic (exact) mass is 535 g/mol. The Kier molecular flexibility index (Phi) is 6.80. The number of rotatable bonds is 6. The van der Waals surface area contributed by atoms with Crippen LogP contribution in [-0.2, 0) is 0 Å². The second-order valence-electron chi connectivity index (χ2n) is 10.5. The first-order valence-electron chi connectivity index (χ1n) is 13.5. The molecule has 38 heavy (non-hydrogen) atoms. The number of hydrogen-bond acceptors (Lipinski definition) is 10. The van der Waals surface area contributed by atoms with Crippen LogP contribution < -0.4 is 20.7 Å². The summed E-state index contributed by atoms with van der Waals surface area (Å²) in [6, 6.07) is 4.58. The van der Waals surface area contributed by atoms with Crippen molar-refractivity contribution in [2.75, 3.05) is 36.8 Å². The summed E-state index contributed by atoms with van der Waals surface area (Å²) in [5.41, 5.74) is 7.98. The van der Waals surface area contributed by atoms with Crippen LogP contribution in [0.1, 0.15) is 65.3 Å². The zero-order valence-corrected chi connectivity index (χ0v) is 22.4. The number of nitrogens with zero attached hydrogens (tertiary/aromatic N) is 7. The Bertz CT molecular complexity index is 1370. The maximum atomic E-state index is 13.4. The fourth-order valence-electron chi connectivity index (χ4n) is 5.96. The van der Waals surface area contributed by atoms with Crippen molar-refractivity contribution >= 4 is 34.3 Å². The molecule has 1 atom stereocenters. The van der Waals surface area contributed by atoms with E-state index in [2.05, 4.69) is 36.3 Å². The first-order chi connectivity index (χ1) is 18.5. The van der Waals surface area contributed by atoms with Crippen LogP contribution in [0.15, 0.2) is 12.4 Å². The summed E-state index contributed by atoms with van der Waals surface area (Å²) >= 11 is 1.38. The van der Waals surface area contributed by atoms with Gasteiger partial charge in [-0.3, -0.25) is 4.79 Å². The number of aryl methyl sites for hydroxylation is 1. The second-order valence-corrected chi connectivity index (χ2v) is 11.7. The minimum Gasteiger partial charge on any atom is -0.473 e. The van der Waals surface area contributed by atoms with E-state index < -0.39 is 0 Å². The summed E-state index contributed by atoms with van der Waals surface area (Å²) in [7, 11) is 0. The zero-order valence-electron chi connectivity index (χ0n) is 21.6. The van der Waals surface area contributed by atoms with Crippen LogP contribution in [0.2, 0.25) is 0 Å². The van der Waals surface area contributed by atoms with Gasteiger partial charge in [0.2, 0.25) is 5.88 Å². The number of ether oxygens (including phenoxy) is 1. The van der Waals surface area contributed by atoms with Crippen LogP contribution in [0.4, 0.5) is 11.5 Å². The van der Waals surface area contributed by atoms with Crippen LogP contribution in [-0.4, -0.2) is 74.8 Å². The molecule has 3 aliphatic rings. The number of thiazole rings is 1. The number of hydrogen-bond donors (Lipinski definition) is 2. The first kappa shape index (κ1) is 24.9. The van der Waals surface area contributed by atoms with Gasteiger partial charge in [-0.15, -0.1) is 11.3 Å². The van der Waals surface area contributed by atoms with Crippen LogP contribution in [0.5, 0.6) is 5.88 Å². The van der Waals surface area contributed by atoms with Crippen molar-refractivity contribution in [2.45, 2.75) is 70.1 Å². The predicted molar refractivity (Wildman–Crippen MR) is 145 cm³/mol. The summed E-state index contributed by atoms with van der Waals surface area (Å²) in [6.07, 6.45) is 8.81. The maximum Gasteiger partial charge on any atom is 0.267 e. The third-order valence-electron chi connectivity index (χ3n) is 8.01. The molecule has 1 amide bonds. The fourth-order valence-corrected chi connectivity index (χ4v) is 6.71. The molecule has 0 bridgehead atoms. The van der Waals surface area contributed by atoms with E-state index in [1.54, 1.807) is 6.07 Å². The lowest BCUT2D eigenvalue weighted by Gasteiger charge is -2.41. The summed E-state index contributed by atoms with van der Waals surface area (Å²) in [6.45, 7) is 5.76. The number of aromatic nitrogens is 4. The zero-order chi connectivity index (χ0) is 26.2. The molecule has 2 aliphatic heterocycles. The number of piperidine rings is 1. The number of nitriles is 1. The van der Waals surface area contributed by atoms with E-state index in [-0.39, 0.29) is 18.1 Å². The highest BCUT2D eigenvalue weighted by Gasteiger charge is 2.32. The second kappa shape index (κ2) is 10.4. The largest absolute Gasteiger partial charge is 0.473 e. The van der Waals surface area contributed by atoms with Gasteiger partial charge in [0.05, 0.1) is 10.7 Å². The summed E-state index contributed by atoms with van der Waals surface area (Å²) in [5, 5.41) is 17.8. The molecule has 1 saturated carbocycles. The number of amides is 1. The van der Waals surface area contributed by atoms with Gasteiger partial charge < -0.3 is 25.6 Å². The number of nitrogens with two attached hydrogens (primary N) is 1. The summed E-state index contributed by atoms with van der Waals surface area (Å²) < 4.78 is 7.84. The van der Waals surface area contributed by atoms with Crippen molar-refractivity contribution in [3.8, 4) is 11.9 Å². The Balaban J connectivity index is 1.12. The average Bonchev–Trinajstić information content (AvgIpc) is 3.45. The van der Waals surface area contributed by atoms with E-state index in [0.717, 1.165) is 55.8 Å². The molecule has 0 aromatic carbocycles. The molecule has 0 spiro atoms. The van der Waals surface area contributed by atoms with E-state index in [4.69, 9.17) is 10.5 Å². The van der Waals surface area contributed by atoms with Crippen molar-refractivity contribution in [1.29, 1.82) is 5.26 Å². The highest BCUT2D eigenvalue weighted by Crippen LogP contribution is 2.33. The third kappa shape index (κ3) is 4.76. The van der Waals surface area contributed by atoms with E-state index in [1.807, 2.05) is 6.92 Å². The minimum atomic E-state index is -0.144. The molecule has 200 valence electrons. The molecule has 12 heteroatoms. The van der Waals surface area contributed by atoms with Crippen LogP contribution >= 0.6 is 11.3 Å². The SMILES string of the molecule is Cc1nc(OC2CCC(N3CCC3)CC2)c(C(=O)N[C@@H]2CCCN(c3cc(C#N)n4ncnc(N)c34)C2)s1. The highest BCUT2D eigenvalue weighted by molar-refractivity contribution is 7.13. The lowest BCUT2D eigenvalue weighted by molar-refractivity contribution is 0.0518. The molecular formula is C26H33N9O2S. The van der Waals surface area contributed by atoms with Gasteiger partial charge >= 0.3 is 0 Å². The normalized spacial score (nSPS) is 24.1. The average molecular weight is 536 g/mol. The van der Waals surface area contributed by atoms with Gasteiger partial charge in [0.25, 0.3) is 5.91 Å². The summed E-state index contributed by atoms with van der Waals surface area (Å²) in [4.78, 5) is 27.4. The van der Waals surface area contributed by atoms with Crippen molar-refractivity contribution in [3.05, 3.63) is 28.0 Å². The first-order valence-corrected chi connectivity index (χ1v) is 14.3. The van der Waals surface area contributed by atoms with E-state index in [0.29, 0.717) is 40.4 Å². The predicted octanol–water partition coefficient (Wildman–Crippen LogP) is 2.74. The van der Waals surface area contributed by atoms with Crippen LogP contribution in [0, 0.1) is 18.3 Å². The van der Waals surface area contributed by atoms with Crippen molar-refractivity contribution in [2.24, 2.45) is 0 Å². The van der Waals surface area contributed by atoms with Gasteiger partial charge in [0.1, 0.15) is 29.7 Å². The Morgan fingerprint density at radius 1 is 1.21 bits per heavy atom. The van der Waals surface area contributed by atoms with Gasteiger partial charge in [-0.2, -0.15) is 10.4 Å². The van der Waals surface area contributed by atoms with Gasteiger partial charge in [0, 0.05) is 31.2 Å². The number of likely N-dealkylation sites (tertiary alicyclic amines) is 1. The molecule has 2 saturated heterocycles. The van der Waals surface area contributed by atoms with Crippen LogP contribution in [0.3, 0.4) is 0 Å². The summed E-state index contributed by atoms with van der Waals surface area (Å²) in [5.74, 6) is 0.643. The molecular weight excluding hydrogens is 502 g/mol. The van der Waals surface area contributed by atoms with Gasteiger partial charge in [-0.1, -0.05) is 0 Å². The van der Waals surface area contributed by atoms with E-state index in [9.17, 15) is 10.1 Å². The number of nitrogens with one attached hydrogen (secondary N) is 1. The smallest absolute Gasteiger partial charge is 0.267 e. The fraction of sp³-hybridized carbons (Fsp3) is 0.577. The molecule has 3 aromatic heterocycles. The molecule has 0 unspecified atom stereocenters. The third-order valence-corrected chi connectivity index (χ3v) is 8.96. The van der Waals surface area contributed by atoms with Crippen LogP contribution in [0.25, 0.3) is 5.52 Å². The van der Waals surface area contributed by atoms with E-state index >= 15 is 0 Å². The molecule has 3 N–H and O–H groups in total. The van der Waals surface area contributed by atoms with Crippen molar-refractivity contribution in [3.63, 3.8) is 0 Å². The molecule has 1 aliphatic carbocycles. The Morgan fingerprint density at radius 3 is 2.76 bits per heavy atom. The molecule has 3 aromatic rings. The maximum absolute atomic E-state index is 13.4. The highest BCUT2D eigenvalue weighted by atomic mass is 32.1. The number of carbonyl (C=O) groups is 1. The van der Waals surface area contributed by atoms with Gasteiger partial charge in [-0.25, -0.2) is 14.5 Å². The van der Waals surface area contributed by atoms with Crippen molar-refractivity contribution in [1.82, 2.24) is 29.8 Å². The molecule has 11 nitrogen and oxygen atoms in total. The Morgan fingerprint density at radius 2 is 2.03 bits per heavy atom. The number of carbonyl (C=O) groups excluding carboxylic acids is 1. The standard InChI is InChI=1S/C26H33N9O2S/c1-16-31-26(37-20-7-5-18(6-8-20)33-10-3-11-33)23(38-16)25(36)32-17-4-2-9-34(14-17)21-12-19(13-27)35-22(21)24(28)29-15-30-35/h12,15,17-18,20H,2-11,14H2,1H3,(H,32,36)(H2,28,29,30)/t17-,18?,20?/m1/s1. The Hall–Kier alpha value is -3.43. The Labute approximate surface area is 225 Å². The van der Waals surface area contributed by atoms with Gasteiger partial charge in [-0.05, 0) is 65.0 Å². The lowest BCUT2D eigenvalue weighted by atomic mass is 9.90. The molecule has 3 fully saturated rings. The molecule has 6 rings (SSSR count). The molecule has 0 radical (unpaired) electrons. The van der Waals surface area contributed by atoms with E-state index in [1.165, 1.54) is 41.7 Å². The topological polar surface area (TPSA) is 138 Å². The van der Waals surface area contributed by atoms with Gasteiger partial charge in [0.15, 0.2) is 10.7 Å². The van der Waals surface area contributed by atoms with Crippen molar-refractivity contribution < 1.29 is 9.53 Å². The lowest BCUT2D eigenvalue weighted by Crippen LogP contribution is -2.48. The quantitative estimate of drug-likeness (QED) is 0.488.